The van der Waals surface area contributed by atoms with E-state index in [2.05, 4.69) is 44.8 Å². The number of aromatic nitrogens is 1. The minimum atomic E-state index is -0.493. The van der Waals surface area contributed by atoms with Gasteiger partial charge in [-0.3, -0.25) is 5.32 Å². The largest absolute Gasteiger partial charge is 0.453 e. The van der Waals surface area contributed by atoms with Crippen LogP contribution in [-0.2, 0) is 4.74 Å². The number of pyridine rings is 1. The van der Waals surface area contributed by atoms with Crippen LogP contribution in [0.1, 0.15) is 34.1 Å². The molecule has 0 aromatic carbocycles. The van der Waals surface area contributed by atoms with E-state index in [1.54, 1.807) is 18.3 Å². The lowest BCUT2D eigenvalue weighted by atomic mass is 10.4. The predicted molar refractivity (Wildman–Crippen MR) is 75.3 cm³/mol. The lowest BCUT2D eigenvalue weighted by Crippen LogP contribution is -2.10. The fourth-order valence-corrected chi connectivity index (χ4v) is 1.01. The quantitative estimate of drug-likeness (QED) is 0.779. The summed E-state index contributed by atoms with van der Waals surface area (Å²) >= 11 is 3.17. The van der Waals surface area contributed by atoms with E-state index in [0.717, 1.165) is 0 Å². The minimum absolute atomic E-state index is 0.493. The summed E-state index contributed by atoms with van der Waals surface area (Å²) < 4.78 is 5.07. The number of hydrogen-bond donors (Lipinski definition) is 1. The lowest BCUT2D eigenvalue weighted by Gasteiger charge is -2.02. The van der Waals surface area contributed by atoms with Crippen LogP contribution in [0.15, 0.2) is 22.9 Å². The van der Waals surface area contributed by atoms with E-state index in [0.29, 0.717) is 10.3 Å². The van der Waals surface area contributed by atoms with Gasteiger partial charge in [-0.05, 0) is 28.1 Å². The molecule has 0 atom stereocenters. The summed E-state index contributed by atoms with van der Waals surface area (Å²) in [6, 6.07) is 3.35. The van der Waals surface area contributed by atoms with Crippen LogP contribution in [0.4, 0.5) is 10.5 Å². The number of nitrogens with zero attached hydrogens (tertiary/aromatic N) is 1. The molecule has 0 fully saturated rings. The van der Waals surface area contributed by atoms with E-state index in [9.17, 15) is 4.79 Å². The number of anilines is 1. The van der Waals surface area contributed by atoms with Crippen LogP contribution in [0.3, 0.4) is 0 Å². The molecule has 1 amide bonds. The molecule has 0 bridgehead atoms. The fourth-order valence-electron chi connectivity index (χ4n) is 0.649. The van der Waals surface area contributed by atoms with Crippen molar-refractivity contribution in [2.24, 2.45) is 0 Å². The number of ether oxygens (including phenoxy) is 1. The van der Waals surface area contributed by atoms with Gasteiger partial charge < -0.3 is 4.74 Å². The van der Waals surface area contributed by atoms with Gasteiger partial charge in [0.15, 0.2) is 0 Å². The van der Waals surface area contributed by atoms with Gasteiger partial charge in [0.2, 0.25) is 0 Å². The third-order valence-corrected chi connectivity index (χ3v) is 1.59. The van der Waals surface area contributed by atoms with Crippen molar-refractivity contribution >= 4 is 27.7 Å². The van der Waals surface area contributed by atoms with E-state index in [1.165, 1.54) is 13.5 Å². The van der Waals surface area contributed by atoms with Crippen LogP contribution in [0.5, 0.6) is 0 Å². The number of amides is 1. The molecule has 1 heterocycles. The molecule has 0 saturated heterocycles. The van der Waals surface area contributed by atoms with Crippen LogP contribution in [0.2, 0.25) is 0 Å². The SMILES string of the molecule is CC.CCC.COC(=O)Nc1ccnc(Br)c1. The van der Waals surface area contributed by atoms with Crippen molar-refractivity contribution in [3.63, 3.8) is 0 Å². The van der Waals surface area contributed by atoms with Crippen molar-refractivity contribution in [3.05, 3.63) is 22.9 Å². The van der Waals surface area contributed by atoms with Gasteiger partial charge in [0.05, 0.1) is 7.11 Å². The van der Waals surface area contributed by atoms with Crippen molar-refractivity contribution in [2.75, 3.05) is 12.4 Å². The molecule has 0 saturated carbocycles. The van der Waals surface area contributed by atoms with E-state index >= 15 is 0 Å². The van der Waals surface area contributed by atoms with Crippen molar-refractivity contribution < 1.29 is 9.53 Å². The molecule has 0 aliphatic heterocycles. The summed E-state index contributed by atoms with van der Waals surface area (Å²) in [6.07, 6.45) is 2.34. The maximum atomic E-state index is 10.7. The number of halogens is 1. The van der Waals surface area contributed by atoms with Gasteiger partial charge in [-0.15, -0.1) is 0 Å². The molecular formula is C12H21BrN2O2. The van der Waals surface area contributed by atoms with E-state index in [4.69, 9.17) is 0 Å². The predicted octanol–water partition coefficient (Wildman–Crippen LogP) is 4.46. The number of carbonyl (C=O) groups excluding carboxylic acids is 1. The summed E-state index contributed by atoms with van der Waals surface area (Å²) in [5.74, 6) is 0. The first kappa shape index (κ1) is 18.3. The first-order valence-electron chi connectivity index (χ1n) is 5.60. The molecule has 98 valence electrons. The molecule has 1 rings (SSSR count). The Morgan fingerprint density at radius 3 is 2.41 bits per heavy atom. The minimum Gasteiger partial charge on any atom is -0.453 e. The zero-order valence-electron chi connectivity index (χ0n) is 11.1. The number of hydrogen-bond acceptors (Lipinski definition) is 3. The summed E-state index contributed by atoms with van der Waals surface area (Å²) in [6.45, 7) is 8.25. The fraction of sp³-hybridized carbons (Fsp3) is 0.500. The molecule has 1 N–H and O–H groups in total. The van der Waals surface area contributed by atoms with Gasteiger partial charge in [-0.2, -0.15) is 0 Å². The van der Waals surface area contributed by atoms with Crippen molar-refractivity contribution in [1.82, 2.24) is 4.98 Å². The van der Waals surface area contributed by atoms with Gasteiger partial charge in [0.1, 0.15) is 4.60 Å². The molecule has 0 spiro atoms. The number of rotatable bonds is 1. The maximum Gasteiger partial charge on any atom is 0.411 e. The Balaban J connectivity index is 0. The molecule has 0 aliphatic carbocycles. The average Bonchev–Trinajstić information content (AvgIpc) is 2.32. The molecule has 1 aromatic rings. The summed E-state index contributed by atoms with van der Waals surface area (Å²) in [5, 5.41) is 2.50. The second-order valence-corrected chi connectivity index (χ2v) is 3.50. The van der Waals surface area contributed by atoms with Crippen molar-refractivity contribution in [3.8, 4) is 0 Å². The van der Waals surface area contributed by atoms with Crippen LogP contribution in [0.25, 0.3) is 0 Å². The lowest BCUT2D eigenvalue weighted by molar-refractivity contribution is 0.187. The topological polar surface area (TPSA) is 51.2 Å². The molecule has 5 heteroatoms. The smallest absolute Gasteiger partial charge is 0.411 e. The van der Waals surface area contributed by atoms with E-state index < -0.39 is 6.09 Å². The van der Waals surface area contributed by atoms with Crippen LogP contribution < -0.4 is 5.32 Å². The highest BCUT2D eigenvalue weighted by Gasteiger charge is 1.99. The monoisotopic (exact) mass is 304 g/mol. The van der Waals surface area contributed by atoms with Gasteiger partial charge in [-0.25, -0.2) is 9.78 Å². The zero-order valence-corrected chi connectivity index (χ0v) is 12.7. The molecule has 0 unspecified atom stereocenters. The van der Waals surface area contributed by atoms with Crippen LogP contribution in [0, 0.1) is 0 Å². The maximum absolute atomic E-state index is 10.7. The zero-order chi connectivity index (χ0) is 13.7. The highest BCUT2D eigenvalue weighted by Crippen LogP contribution is 2.12. The Kier molecular flexibility index (Phi) is 13.9. The van der Waals surface area contributed by atoms with Gasteiger partial charge >= 0.3 is 6.09 Å². The summed E-state index contributed by atoms with van der Waals surface area (Å²) in [7, 11) is 1.31. The summed E-state index contributed by atoms with van der Waals surface area (Å²) in [4.78, 5) is 14.6. The molecule has 4 nitrogen and oxygen atoms in total. The second-order valence-electron chi connectivity index (χ2n) is 2.69. The second kappa shape index (κ2) is 13.0. The normalized spacial score (nSPS) is 7.88. The van der Waals surface area contributed by atoms with Gasteiger partial charge in [0, 0.05) is 11.9 Å². The standard InChI is InChI=1S/C7H7BrN2O2.C3H8.C2H6/c1-12-7(11)10-5-2-3-9-6(8)4-5;1-3-2;1-2/h2-4H,1H3,(H,9,10,11);3H2,1-2H3;1-2H3. The Bertz CT molecular complexity index is 306. The number of carbonyl (C=O) groups is 1. The Morgan fingerprint density at radius 1 is 1.47 bits per heavy atom. The molecule has 17 heavy (non-hydrogen) atoms. The van der Waals surface area contributed by atoms with Crippen LogP contribution >= 0.6 is 15.9 Å². The van der Waals surface area contributed by atoms with Crippen molar-refractivity contribution in [1.29, 1.82) is 0 Å². The molecule has 0 aliphatic rings. The van der Waals surface area contributed by atoms with E-state index in [-0.39, 0.29) is 0 Å². The van der Waals surface area contributed by atoms with Crippen LogP contribution in [-0.4, -0.2) is 18.2 Å². The van der Waals surface area contributed by atoms with Crippen molar-refractivity contribution in [2.45, 2.75) is 34.1 Å². The highest BCUT2D eigenvalue weighted by molar-refractivity contribution is 9.10. The molecular weight excluding hydrogens is 284 g/mol. The average molecular weight is 305 g/mol. The Hall–Kier alpha value is -1.10. The highest BCUT2D eigenvalue weighted by atomic mass is 79.9. The molecule has 0 radical (unpaired) electrons. The van der Waals surface area contributed by atoms with Gasteiger partial charge in [-0.1, -0.05) is 34.1 Å². The molecule has 1 aromatic heterocycles. The first-order valence-corrected chi connectivity index (χ1v) is 6.39. The summed E-state index contributed by atoms with van der Waals surface area (Å²) in [5.41, 5.74) is 0.642. The Labute approximate surface area is 112 Å². The third-order valence-electron chi connectivity index (χ3n) is 1.16. The Morgan fingerprint density at radius 2 is 2.00 bits per heavy atom. The number of nitrogens with one attached hydrogen (secondary N) is 1. The van der Waals surface area contributed by atoms with E-state index in [1.807, 2.05) is 13.8 Å². The number of methoxy groups -OCH3 is 1. The first-order chi connectivity index (χ1) is 8.13. The van der Waals surface area contributed by atoms with Gasteiger partial charge in [0.25, 0.3) is 0 Å². The third kappa shape index (κ3) is 11.2.